The molecule has 2 N–H and O–H groups in total. The van der Waals surface area contributed by atoms with Gasteiger partial charge in [-0.05, 0) is 48.0 Å². The van der Waals surface area contributed by atoms with Crippen molar-refractivity contribution in [3.63, 3.8) is 0 Å². The molecule has 0 aliphatic carbocycles. The number of hydrogen-bond acceptors (Lipinski definition) is 4. The number of carbonyl (C=O) groups excluding carboxylic acids is 2. The van der Waals surface area contributed by atoms with Gasteiger partial charge < -0.3 is 20.3 Å². The summed E-state index contributed by atoms with van der Waals surface area (Å²) < 4.78 is 5.30. The summed E-state index contributed by atoms with van der Waals surface area (Å²) >= 11 is 0. The largest absolute Gasteiger partial charge is 0.495 e. The van der Waals surface area contributed by atoms with E-state index in [1.165, 1.54) is 7.11 Å². The van der Waals surface area contributed by atoms with E-state index < -0.39 is 5.91 Å². The van der Waals surface area contributed by atoms with Crippen LogP contribution >= 0.6 is 0 Å². The number of para-hydroxylation sites is 2. The van der Waals surface area contributed by atoms with E-state index in [0.29, 0.717) is 17.0 Å². The van der Waals surface area contributed by atoms with Crippen molar-refractivity contribution in [1.29, 1.82) is 0 Å². The van der Waals surface area contributed by atoms with Gasteiger partial charge in [0.15, 0.2) is 0 Å². The third-order valence-electron chi connectivity index (χ3n) is 4.60. The van der Waals surface area contributed by atoms with Crippen molar-refractivity contribution in [2.45, 2.75) is 0 Å². The van der Waals surface area contributed by atoms with E-state index in [0.717, 1.165) is 11.3 Å². The average Bonchev–Trinajstić information content (AvgIpc) is 2.79. The fourth-order valence-corrected chi connectivity index (χ4v) is 2.92. The molecule has 0 radical (unpaired) electrons. The Balaban J connectivity index is 1.91. The predicted octanol–water partition coefficient (Wildman–Crippen LogP) is 4.17. The monoisotopic (exact) mass is 415 g/mol. The number of nitrogens with one attached hydrogen (secondary N) is 2. The molecule has 158 valence electrons. The zero-order chi connectivity index (χ0) is 22.2. The smallest absolute Gasteiger partial charge is 0.272 e. The fraction of sp³-hybridized carbons (Fsp3) is 0.120. The number of benzene rings is 3. The molecule has 0 unspecified atom stereocenters. The Morgan fingerprint density at radius 1 is 0.871 bits per heavy atom. The Bertz CT molecular complexity index is 1070. The number of rotatable bonds is 7. The molecular weight excluding hydrogens is 390 g/mol. The second-order valence-corrected chi connectivity index (χ2v) is 7.02. The predicted molar refractivity (Wildman–Crippen MR) is 124 cm³/mol. The van der Waals surface area contributed by atoms with Crippen LogP contribution in [0.3, 0.4) is 0 Å². The molecule has 3 aromatic carbocycles. The Morgan fingerprint density at radius 3 is 2.16 bits per heavy atom. The number of hydrogen-bond donors (Lipinski definition) is 2. The molecule has 3 aromatic rings. The van der Waals surface area contributed by atoms with Crippen LogP contribution in [-0.4, -0.2) is 33.0 Å². The van der Waals surface area contributed by atoms with E-state index in [2.05, 4.69) is 10.6 Å². The summed E-state index contributed by atoms with van der Waals surface area (Å²) in [6.07, 6.45) is 1.64. The van der Waals surface area contributed by atoms with Crippen molar-refractivity contribution in [2.75, 3.05) is 31.4 Å². The first-order chi connectivity index (χ1) is 15.0. The van der Waals surface area contributed by atoms with Gasteiger partial charge in [-0.1, -0.05) is 42.5 Å². The highest BCUT2D eigenvalue weighted by atomic mass is 16.5. The Kier molecular flexibility index (Phi) is 7.06. The normalized spacial score (nSPS) is 10.9. The molecule has 3 rings (SSSR count). The molecule has 6 nitrogen and oxygen atoms in total. The average molecular weight is 415 g/mol. The number of anilines is 2. The quantitative estimate of drug-likeness (QED) is 0.568. The van der Waals surface area contributed by atoms with Gasteiger partial charge >= 0.3 is 0 Å². The van der Waals surface area contributed by atoms with Gasteiger partial charge in [-0.2, -0.15) is 0 Å². The SMILES string of the molecule is COc1ccccc1NC(=O)C(=Cc1ccc(N(C)C)cc1)NC(=O)c1ccccc1. The number of amides is 2. The summed E-state index contributed by atoms with van der Waals surface area (Å²) in [5.74, 6) is -0.294. The van der Waals surface area contributed by atoms with E-state index in [9.17, 15) is 9.59 Å². The van der Waals surface area contributed by atoms with Crippen LogP contribution in [0.25, 0.3) is 6.08 Å². The van der Waals surface area contributed by atoms with Crippen molar-refractivity contribution in [2.24, 2.45) is 0 Å². The minimum Gasteiger partial charge on any atom is -0.495 e. The third-order valence-corrected chi connectivity index (χ3v) is 4.60. The maximum atomic E-state index is 13.1. The zero-order valence-electron chi connectivity index (χ0n) is 17.8. The van der Waals surface area contributed by atoms with Crippen molar-refractivity contribution < 1.29 is 14.3 Å². The van der Waals surface area contributed by atoms with Gasteiger partial charge in [0.2, 0.25) is 0 Å². The summed E-state index contributed by atoms with van der Waals surface area (Å²) in [5.41, 5.74) is 2.91. The molecule has 0 saturated heterocycles. The second-order valence-electron chi connectivity index (χ2n) is 7.02. The fourth-order valence-electron chi connectivity index (χ4n) is 2.92. The van der Waals surface area contributed by atoms with Gasteiger partial charge in [-0.15, -0.1) is 0 Å². The maximum absolute atomic E-state index is 13.1. The molecule has 0 aliphatic rings. The van der Waals surface area contributed by atoms with Gasteiger partial charge in [-0.25, -0.2) is 0 Å². The lowest BCUT2D eigenvalue weighted by Gasteiger charge is -2.14. The number of nitrogens with zero attached hydrogens (tertiary/aromatic N) is 1. The summed E-state index contributed by atoms with van der Waals surface area (Å²) in [6.45, 7) is 0. The topological polar surface area (TPSA) is 70.7 Å². The zero-order valence-corrected chi connectivity index (χ0v) is 17.8. The van der Waals surface area contributed by atoms with Crippen molar-refractivity contribution >= 4 is 29.3 Å². The Morgan fingerprint density at radius 2 is 1.52 bits per heavy atom. The van der Waals surface area contributed by atoms with Gasteiger partial charge in [0.1, 0.15) is 11.4 Å². The Labute approximate surface area is 182 Å². The standard InChI is InChI=1S/C25H25N3O3/c1-28(2)20-15-13-18(14-16-20)17-22(27-24(29)19-9-5-4-6-10-19)25(30)26-21-11-7-8-12-23(21)31-3/h4-17H,1-3H3,(H,26,30)(H,27,29). The summed E-state index contributed by atoms with van der Waals surface area (Å²) in [5, 5.41) is 5.55. The number of methoxy groups -OCH3 is 1. The van der Waals surface area contributed by atoms with Crippen molar-refractivity contribution in [3.8, 4) is 5.75 Å². The lowest BCUT2D eigenvalue weighted by atomic mass is 10.1. The molecule has 0 fully saturated rings. The summed E-state index contributed by atoms with van der Waals surface area (Å²) in [4.78, 5) is 27.8. The van der Waals surface area contributed by atoms with E-state index in [4.69, 9.17) is 4.74 Å². The molecule has 0 aromatic heterocycles. The van der Waals surface area contributed by atoms with Crippen LogP contribution < -0.4 is 20.3 Å². The van der Waals surface area contributed by atoms with Crippen molar-refractivity contribution in [1.82, 2.24) is 5.32 Å². The molecule has 31 heavy (non-hydrogen) atoms. The second kappa shape index (κ2) is 10.1. The minimum absolute atomic E-state index is 0.123. The highest BCUT2D eigenvalue weighted by molar-refractivity contribution is 6.11. The molecule has 0 bridgehead atoms. The molecule has 0 heterocycles. The minimum atomic E-state index is -0.453. The van der Waals surface area contributed by atoms with Crippen LogP contribution in [-0.2, 0) is 4.79 Å². The van der Waals surface area contributed by atoms with Gasteiger partial charge in [-0.3, -0.25) is 9.59 Å². The van der Waals surface area contributed by atoms with E-state index >= 15 is 0 Å². The van der Waals surface area contributed by atoms with Crippen LogP contribution in [0.2, 0.25) is 0 Å². The van der Waals surface area contributed by atoms with Crippen LogP contribution in [0.5, 0.6) is 5.75 Å². The van der Waals surface area contributed by atoms with E-state index in [-0.39, 0.29) is 11.6 Å². The lowest BCUT2D eigenvalue weighted by Crippen LogP contribution is -2.30. The molecule has 0 saturated carbocycles. The molecular formula is C25H25N3O3. The maximum Gasteiger partial charge on any atom is 0.272 e. The molecule has 0 aliphatic heterocycles. The van der Waals surface area contributed by atoms with Crippen molar-refractivity contribution in [3.05, 3.63) is 95.7 Å². The van der Waals surface area contributed by atoms with Gasteiger partial charge in [0, 0.05) is 25.3 Å². The van der Waals surface area contributed by atoms with Gasteiger partial charge in [0.25, 0.3) is 11.8 Å². The number of carbonyl (C=O) groups is 2. The lowest BCUT2D eigenvalue weighted by molar-refractivity contribution is -0.113. The number of ether oxygens (including phenoxy) is 1. The third kappa shape index (κ3) is 5.73. The van der Waals surface area contributed by atoms with E-state index in [1.54, 1.807) is 48.5 Å². The van der Waals surface area contributed by atoms with Crippen LogP contribution in [0, 0.1) is 0 Å². The molecule has 0 atom stereocenters. The summed E-state index contributed by atoms with van der Waals surface area (Å²) in [7, 11) is 5.44. The first-order valence-corrected chi connectivity index (χ1v) is 9.78. The van der Waals surface area contributed by atoms with Gasteiger partial charge in [0.05, 0.1) is 12.8 Å². The first kappa shape index (κ1) is 21.6. The van der Waals surface area contributed by atoms with Crippen LogP contribution in [0.15, 0.2) is 84.6 Å². The molecule has 0 spiro atoms. The molecule has 2 amide bonds. The Hall–Kier alpha value is -4.06. The van der Waals surface area contributed by atoms with Crippen LogP contribution in [0.1, 0.15) is 15.9 Å². The molecule has 6 heteroatoms. The van der Waals surface area contributed by atoms with E-state index in [1.807, 2.05) is 55.4 Å². The highest BCUT2D eigenvalue weighted by Gasteiger charge is 2.16. The summed E-state index contributed by atoms with van der Waals surface area (Å²) in [6, 6.07) is 23.5. The van der Waals surface area contributed by atoms with Crippen LogP contribution in [0.4, 0.5) is 11.4 Å². The first-order valence-electron chi connectivity index (χ1n) is 9.78. The highest BCUT2D eigenvalue weighted by Crippen LogP contribution is 2.24.